The van der Waals surface area contributed by atoms with E-state index >= 15 is 0 Å². The van der Waals surface area contributed by atoms with Crippen LogP contribution in [0.4, 0.5) is 0 Å². The lowest BCUT2D eigenvalue weighted by Gasteiger charge is -2.22. The summed E-state index contributed by atoms with van der Waals surface area (Å²) in [6.07, 6.45) is 3.58. The summed E-state index contributed by atoms with van der Waals surface area (Å²) in [5.41, 5.74) is 6.64. The molecule has 1 aromatic heterocycles. The Labute approximate surface area is 113 Å². The van der Waals surface area contributed by atoms with Crippen LogP contribution in [0.25, 0.3) is 10.9 Å². The molecule has 2 N–H and O–H groups in total. The third kappa shape index (κ3) is 3.20. The minimum absolute atomic E-state index is 0.0381. The average molecular weight is 259 g/mol. The topological polar surface area (TPSA) is 60.9 Å². The summed E-state index contributed by atoms with van der Waals surface area (Å²) in [5, 5.41) is 0.683. The number of hydrogen-bond acceptors (Lipinski definition) is 3. The second-order valence-electron chi connectivity index (χ2n) is 5.73. The van der Waals surface area contributed by atoms with E-state index in [2.05, 4.69) is 18.8 Å². The van der Waals surface area contributed by atoms with Gasteiger partial charge in [0, 0.05) is 6.54 Å². The molecule has 0 unspecified atom stereocenters. The number of rotatable bonds is 5. The van der Waals surface area contributed by atoms with Gasteiger partial charge in [-0.3, -0.25) is 9.36 Å². The monoisotopic (exact) mass is 259 g/mol. The number of fused-ring (bicyclic) bond motifs is 1. The first-order valence-electron chi connectivity index (χ1n) is 6.68. The van der Waals surface area contributed by atoms with Crippen LogP contribution in [0.2, 0.25) is 0 Å². The van der Waals surface area contributed by atoms with E-state index in [0.717, 1.165) is 18.4 Å². The maximum absolute atomic E-state index is 12.3. The summed E-state index contributed by atoms with van der Waals surface area (Å²) in [5.74, 6) is 0. The molecule has 4 heteroatoms. The number of para-hydroxylation sites is 1. The second-order valence-corrected chi connectivity index (χ2v) is 5.73. The number of benzene rings is 1. The first-order chi connectivity index (χ1) is 9.03. The summed E-state index contributed by atoms with van der Waals surface area (Å²) >= 11 is 0. The van der Waals surface area contributed by atoms with Crippen LogP contribution >= 0.6 is 0 Å². The van der Waals surface area contributed by atoms with Gasteiger partial charge in [0.2, 0.25) is 0 Å². The Morgan fingerprint density at radius 3 is 2.79 bits per heavy atom. The van der Waals surface area contributed by atoms with Crippen LogP contribution in [-0.2, 0) is 6.54 Å². The zero-order chi connectivity index (χ0) is 13.9. The van der Waals surface area contributed by atoms with Crippen molar-refractivity contribution in [1.29, 1.82) is 0 Å². The highest BCUT2D eigenvalue weighted by Gasteiger charge is 2.14. The highest BCUT2D eigenvalue weighted by Crippen LogP contribution is 2.20. The van der Waals surface area contributed by atoms with Gasteiger partial charge >= 0.3 is 0 Å². The van der Waals surface area contributed by atoms with E-state index in [0.29, 0.717) is 18.5 Å². The van der Waals surface area contributed by atoms with Crippen LogP contribution in [0.5, 0.6) is 0 Å². The minimum atomic E-state index is 0.0381. The Morgan fingerprint density at radius 2 is 2.05 bits per heavy atom. The lowest BCUT2D eigenvalue weighted by Crippen LogP contribution is -2.25. The Kier molecular flexibility index (Phi) is 4.00. The van der Waals surface area contributed by atoms with Gasteiger partial charge in [-0.1, -0.05) is 26.0 Å². The zero-order valence-corrected chi connectivity index (χ0v) is 11.6. The quantitative estimate of drug-likeness (QED) is 0.895. The van der Waals surface area contributed by atoms with E-state index in [9.17, 15) is 4.79 Å². The van der Waals surface area contributed by atoms with Crippen molar-refractivity contribution in [3.8, 4) is 0 Å². The molecule has 1 aromatic carbocycles. The van der Waals surface area contributed by atoms with Gasteiger partial charge in [-0.05, 0) is 36.9 Å². The Morgan fingerprint density at radius 1 is 1.32 bits per heavy atom. The van der Waals surface area contributed by atoms with Gasteiger partial charge in [0.15, 0.2) is 0 Å². The molecule has 0 radical (unpaired) electrons. The minimum Gasteiger partial charge on any atom is -0.330 e. The van der Waals surface area contributed by atoms with Crippen molar-refractivity contribution in [2.45, 2.75) is 33.2 Å². The number of aromatic nitrogens is 2. The fraction of sp³-hybridized carbons (Fsp3) is 0.467. The van der Waals surface area contributed by atoms with E-state index in [-0.39, 0.29) is 11.0 Å². The lowest BCUT2D eigenvalue weighted by atomic mass is 9.88. The van der Waals surface area contributed by atoms with Gasteiger partial charge in [-0.15, -0.1) is 0 Å². The number of nitrogens with zero attached hydrogens (tertiary/aromatic N) is 2. The van der Waals surface area contributed by atoms with Crippen molar-refractivity contribution in [2.75, 3.05) is 6.54 Å². The maximum Gasteiger partial charge on any atom is 0.261 e. The summed E-state index contributed by atoms with van der Waals surface area (Å²) in [7, 11) is 0. The molecule has 0 fully saturated rings. The van der Waals surface area contributed by atoms with Crippen LogP contribution < -0.4 is 11.3 Å². The molecule has 2 rings (SSSR count). The molecule has 2 aromatic rings. The Hall–Kier alpha value is -1.68. The highest BCUT2D eigenvalue weighted by atomic mass is 16.1. The smallest absolute Gasteiger partial charge is 0.261 e. The van der Waals surface area contributed by atoms with E-state index < -0.39 is 0 Å². The zero-order valence-electron chi connectivity index (χ0n) is 11.6. The number of nitrogens with two attached hydrogens (primary N) is 1. The molecule has 0 aliphatic heterocycles. The summed E-state index contributed by atoms with van der Waals surface area (Å²) in [4.78, 5) is 16.6. The van der Waals surface area contributed by atoms with Gasteiger partial charge in [0.1, 0.15) is 0 Å². The molecule has 1 heterocycles. The highest BCUT2D eigenvalue weighted by molar-refractivity contribution is 5.76. The number of hydrogen-bond donors (Lipinski definition) is 1. The van der Waals surface area contributed by atoms with Gasteiger partial charge in [-0.25, -0.2) is 4.98 Å². The number of aryl methyl sites for hydroxylation is 1. The van der Waals surface area contributed by atoms with E-state index in [1.807, 2.05) is 24.3 Å². The van der Waals surface area contributed by atoms with Crippen LogP contribution in [0.1, 0.15) is 26.7 Å². The van der Waals surface area contributed by atoms with Crippen LogP contribution in [0.3, 0.4) is 0 Å². The van der Waals surface area contributed by atoms with Crippen molar-refractivity contribution in [3.63, 3.8) is 0 Å². The molecule has 0 aliphatic carbocycles. The third-order valence-electron chi connectivity index (χ3n) is 3.54. The van der Waals surface area contributed by atoms with Crippen molar-refractivity contribution >= 4 is 10.9 Å². The van der Waals surface area contributed by atoms with Crippen molar-refractivity contribution in [2.24, 2.45) is 11.1 Å². The SMILES string of the molecule is CC(C)(CN)CCCn1cnc2ccccc2c1=O. The molecular weight excluding hydrogens is 238 g/mol. The maximum atomic E-state index is 12.3. The predicted octanol–water partition coefficient (Wildman–Crippen LogP) is 2.16. The third-order valence-corrected chi connectivity index (χ3v) is 3.54. The average Bonchev–Trinajstić information content (AvgIpc) is 2.42. The van der Waals surface area contributed by atoms with Gasteiger partial charge in [0.05, 0.1) is 17.2 Å². The van der Waals surface area contributed by atoms with E-state index in [1.165, 1.54) is 0 Å². The summed E-state index contributed by atoms with van der Waals surface area (Å²) in [6.45, 7) is 5.65. The van der Waals surface area contributed by atoms with Gasteiger partial charge in [-0.2, -0.15) is 0 Å². The molecule has 0 amide bonds. The summed E-state index contributed by atoms with van der Waals surface area (Å²) < 4.78 is 1.69. The molecular formula is C15H21N3O. The van der Waals surface area contributed by atoms with Crippen molar-refractivity contribution < 1.29 is 0 Å². The lowest BCUT2D eigenvalue weighted by molar-refractivity contribution is 0.326. The van der Waals surface area contributed by atoms with E-state index in [4.69, 9.17) is 5.73 Å². The summed E-state index contributed by atoms with van der Waals surface area (Å²) in [6, 6.07) is 7.44. The van der Waals surface area contributed by atoms with E-state index in [1.54, 1.807) is 10.9 Å². The van der Waals surface area contributed by atoms with Crippen LogP contribution in [0, 0.1) is 5.41 Å². The molecule has 19 heavy (non-hydrogen) atoms. The normalized spacial score (nSPS) is 11.9. The molecule has 102 valence electrons. The van der Waals surface area contributed by atoms with Gasteiger partial charge < -0.3 is 5.73 Å². The molecule has 0 bridgehead atoms. The fourth-order valence-electron chi connectivity index (χ4n) is 2.10. The molecule has 4 nitrogen and oxygen atoms in total. The fourth-order valence-corrected chi connectivity index (χ4v) is 2.10. The molecule has 0 spiro atoms. The van der Waals surface area contributed by atoms with Gasteiger partial charge in [0.25, 0.3) is 5.56 Å². The first kappa shape index (κ1) is 13.7. The molecule has 0 saturated carbocycles. The largest absolute Gasteiger partial charge is 0.330 e. The van der Waals surface area contributed by atoms with Crippen LogP contribution in [0.15, 0.2) is 35.4 Å². The molecule has 0 atom stereocenters. The Balaban J connectivity index is 2.14. The van der Waals surface area contributed by atoms with Crippen molar-refractivity contribution in [3.05, 3.63) is 40.9 Å². The standard InChI is InChI=1S/C15H21N3O/c1-15(2,10-16)8-5-9-18-11-17-13-7-4-3-6-12(13)14(18)19/h3-4,6-7,11H,5,8-10,16H2,1-2H3. The second kappa shape index (κ2) is 5.53. The first-order valence-corrected chi connectivity index (χ1v) is 6.68. The van der Waals surface area contributed by atoms with Crippen LogP contribution in [-0.4, -0.2) is 16.1 Å². The van der Waals surface area contributed by atoms with Crippen molar-refractivity contribution in [1.82, 2.24) is 9.55 Å². The molecule has 0 saturated heterocycles. The molecule has 0 aliphatic rings. The Bertz CT molecular complexity index is 616. The predicted molar refractivity (Wildman–Crippen MR) is 78.1 cm³/mol.